The minimum atomic E-state index is -0.0878. The molecule has 2 aromatic rings. The summed E-state index contributed by atoms with van der Waals surface area (Å²) in [5, 5.41) is 8.11. The molecule has 7 nitrogen and oxygen atoms in total. The molecule has 3 rings (SSSR count). The number of nitrogens with zero attached hydrogens (tertiary/aromatic N) is 4. The Morgan fingerprint density at radius 2 is 1.96 bits per heavy atom. The molecule has 1 fully saturated rings. The van der Waals surface area contributed by atoms with E-state index in [-0.39, 0.29) is 17.2 Å². The van der Waals surface area contributed by atoms with Gasteiger partial charge in [0, 0.05) is 19.1 Å². The predicted molar refractivity (Wildman–Crippen MR) is 104 cm³/mol. The average molecular weight is 378 g/mol. The molecule has 2 heterocycles. The molecule has 0 atom stereocenters. The molecule has 8 heteroatoms. The maximum atomic E-state index is 12.9. The number of aryl methyl sites for hydroxylation is 2. The maximum Gasteiger partial charge on any atom is 0.280 e. The highest BCUT2D eigenvalue weighted by atomic mass is 32.2. The van der Waals surface area contributed by atoms with Gasteiger partial charge in [-0.05, 0) is 33.6 Å². The number of hydrogen-bond acceptors (Lipinski definition) is 5. The standard InChI is InChI=1S/C18H27N5O2S/c1-4-22-17(25)16-15(12(3)21-23(16)5-2)20-18(22)26-11-14(24)19-13-9-7-6-8-10-13/h13H,4-11H2,1-3H3,(H,19,24). The van der Waals surface area contributed by atoms with Gasteiger partial charge in [-0.25, -0.2) is 4.98 Å². The number of aromatic nitrogens is 4. The highest BCUT2D eigenvalue weighted by Crippen LogP contribution is 2.21. The van der Waals surface area contributed by atoms with Crippen LogP contribution in [0, 0.1) is 6.92 Å². The smallest absolute Gasteiger partial charge is 0.280 e. The van der Waals surface area contributed by atoms with E-state index in [1.807, 2.05) is 20.8 Å². The number of nitrogens with one attached hydrogen (secondary N) is 1. The highest BCUT2D eigenvalue weighted by Gasteiger charge is 2.19. The second-order valence-corrected chi connectivity index (χ2v) is 7.68. The number of rotatable bonds is 6. The van der Waals surface area contributed by atoms with Crippen LogP contribution in [0.5, 0.6) is 0 Å². The van der Waals surface area contributed by atoms with Gasteiger partial charge in [0.25, 0.3) is 5.56 Å². The van der Waals surface area contributed by atoms with Gasteiger partial charge in [0.05, 0.1) is 11.4 Å². The molecule has 0 radical (unpaired) electrons. The topological polar surface area (TPSA) is 81.8 Å². The molecular formula is C18H27N5O2S. The normalized spacial score (nSPS) is 15.5. The fraction of sp³-hybridized carbons (Fsp3) is 0.667. The SMILES string of the molecule is CCn1c(SCC(=O)NC2CCCCC2)nc2c(C)nn(CC)c2c1=O. The summed E-state index contributed by atoms with van der Waals surface area (Å²) in [5.41, 5.74) is 1.84. The van der Waals surface area contributed by atoms with Gasteiger partial charge in [0.15, 0.2) is 10.7 Å². The second kappa shape index (κ2) is 8.24. The first-order valence-corrected chi connectivity index (χ1v) is 10.4. The Morgan fingerprint density at radius 1 is 1.23 bits per heavy atom. The molecule has 0 bridgehead atoms. The van der Waals surface area contributed by atoms with E-state index in [0.717, 1.165) is 18.5 Å². The fourth-order valence-corrected chi connectivity index (χ4v) is 4.42. The van der Waals surface area contributed by atoms with Gasteiger partial charge in [-0.15, -0.1) is 0 Å². The molecule has 0 saturated heterocycles. The molecule has 1 saturated carbocycles. The van der Waals surface area contributed by atoms with E-state index in [1.54, 1.807) is 9.25 Å². The van der Waals surface area contributed by atoms with Gasteiger partial charge in [-0.3, -0.25) is 18.8 Å². The predicted octanol–water partition coefficient (Wildman–Crippen LogP) is 2.48. The highest BCUT2D eigenvalue weighted by molar-refractivity contribution is 7.99. The van der Waals surface area contributed by atoms with E-state index in [0.29, 0.717) is 35.3 Å². The zero-order chi connectivity index (χ0) is 18.7. The Balaban J connectivity index is 1.79. The number of carbonyl (C=O) groups is 1. The van der Waals surface area contributed by atoms with Gasteiger partial charge >= 0.3 is 0 Å². The quantitative estimate of drug-likeness (QED) is 0.618. The average Bonchev–Trinajstić information content (AvgIpc) is 2.97. The van der Waals surface area contributed by atoms with Crippen molar-refractivity contribution in [1.29, 1.82) is 0 Å². The monoisotopic (exact) mass is 377 g/mol. The lowest BCUT2D eigenvalue weighted by Gasteiger charge is -2.22. The summed E-state index contributed by atoms with van der Waals surface area (Å²) in [5.74, 6) is 0.287. The Hall–Kier alpha value is -1.83. The lowest BCUT2D eigenvalue weighted by atomic mass is 9.95. The van der Waals surface area contributed by atoms with E-state index in [9.17, 15) is 9.59 Å². The lowest BCUT2D eigenvalue weighted by molar-refractivity contribution is -0.119. The van der Waals surface area contributed by atoms with Gasteiger partial charge in [-0.2, -0.15) is 5.10 Å². The molecule has 0 spiro atoms. The molecule has 0 unspecified atom stereocenters. The first kappa shape index (κ1) is 18.9. The zero-order valence-electron chi connectivity index (χ0n) is 15.7. The van der Waals surface area contributed by atoms with Gasteiger partial charge in [0.1, 0.15) is 5.52 Å². The second-order valence-electron chi connectivity index (χ2n) is 6.73. The number of carbonyl (C=O) groups excluding carboxylic acids is 1. The van der Waals surface area contributed by atoms with E-state index in [4.69, 9.17) is 0 Å². The van der Waals surface area contributed by atoms with Gasteiger partial charge in [0.2, 0.25) is 5.91 Å². The van der Waals surface area contributed by atoms with E-state index >= 15 is 0 Å². The Labute approximate surface area is 157 Å². The summed E-state index contributed by atoms with van der Waals surface area (Å²) < 4.78 is 3.34. The van der Waals surface area contributed by atoms with Crippen LogP contribution in [0.2, 0.25) is 0 Å². The Bertz CT molecular complexity index is 851. The van der Waals surface area contributed by atoms with Crippen molar-refractivity contribution in [3.63, 3.8) is 0 Å². The number of fused-ring (bicyclic) bond motifs is 1. The van der Waals surface area contributed by atoms with Crippen LogP contribution in [0.15, 0.2) is 9.95 Å². The van der Waals surface area contributed by atoms with Crippen LogP contribution < -0.4 is 10.9 Å². The van der Waals surface area contributed by atoms with Crippen molar-refractivity contribution in [2.45, 2.75) is 77.2 Å². The minimum absolute atomic E-state index is 0.0138. The van der Waals surface area contributed by atoms with Crippen LogP contribution in [0.4, 0.5) is 0 Å². The molecule has 142 valence electrons. The fourth-order valence-electron chi connectivity index (χ4n) is 3.55. The molecular weight excluding hydrogens is 350 g/mol. The zero-order valence-corrected chi connectivity index (χ0v) is 16.6. The molecule has 0 aliphatic heterocycles. The summed E-state index contributed by atoms with van der Waals surface area (Å²) in [6.45, 7) is 6.88. The minimum Gasteiger partial charge on any atom is -0.353 e. The van der Waals surface area contributed by atoms with Crippen LogP contribution in [-0.2, 0) is 17.9 Å². The molecule has 0 aromatic carbocycles. The number of hydrogen-bond donors (Lipinski definition) is 1. The third-order valence-corrected chi connectivity index (χ3v) is 5.88. The van der Waals surface area contributed by atoms with Crippen molar-refractivity contribution in [2.75, 3.05) is 5.75 Å². The molecule has 1 aliphatic rings. The van der Waals surface area contributed by atoms with Crippen LogP contribution in [0.1, 0.15) is 51.6 Å². The summed E-state index contributed by atoms with van der Waals surface area (Å²) in [4.78, 5) is 29.8. The summed E-state index contributed by atoms with van der Waals surface area (Å²) in [6.07, 6.45) is 5.77. The van der Waals surface area contributed by atoms with E-state index < -0.39 is 0 Å². The molecule has 1 aliphatic carbocycles. The number of thioether (sulfide) groups is 1. The van der Waals surface area contributed by atoms with E-state index in [2.05, 4.69) is 15.4 Å². The Morgan fingerprint density at radius 3 is 2.62 bits per heavy atom. The van der Waals surface area contributed by atoms with Crippen LogP contribution in [0.25, 0.3) is 11.0 Å². The van der Waals surface area contributed by atoms with Crippen LogP contribution in [-0.4, -0.2) is 37.0 Å². The van der Waals surface area contributed by atoms with Gasteiger partial charge < -0.3 is 5.32 Å². The van der Waals surface area contributed by atoms with Crippen molar-refractivity contribution < 1.29 is 4.79 Å². The summed E-state index contributed by atoms with van der Waals surface area (Å²) in [6, 6.07) is 0.297. The number of amides is 1. The largest absolute Gasteiger partial charge is 0.353 e. The first-order valence-electron chi connectivity index (χ1n) is 9.45. The van der Waals surface area contributed by atoms with Crippen molar-refractivity contribution >= 4 is 28.7 Å². The summed E-state index contributed by atoms with van der Waals surface area (Å²) >= 11 is 1.33. The third-order valence-electron chi connectivity index (χ3n) is 4.90. The maximum absolute atomic E-state index is 12.9. The van der Waals surface area contributed by atoms with Crippen LogP contribution >= 0.6 is 11.8 Å². The lowest BCUT2D eigenvalue weighted by Crippen LogP contribution is -2.37. The third kappa shape index (κ3) is 3.79. The van der Waals surface area contributed by atoms with Crippen molar-refractivity contribution in [1.82, 2.24) is 24.6 Å². The molecule has 2 aromatic heterocycles. The van der Waals surface area contributed by atoms with Crippen molar-refractivity contribution in [3.05, 3.63) is 16.0 Å². The van der Waals surface area contributed by atoms with Crippen LogP contribution in [0.3, 0.4) is 0 Å². The Kier molecular flexibility index (Phi) is 6.01. The molecule has 1 amide bonds. The first-order chi connectivity index (χ1) is 12.5. The molecule has 26 heavy (non-hydrogen) atoms. The van der Waals surface area contributed by atoms with Crippen molar-refractivity contribution in [3.8, 4) is 0 Å². The molecule has 1 N–H and O–H groups in total. The van der Waals surface area contributed by atoms with E-state index in [1.165, 1.54) is 31.0 Å². The van der Waals surface area contributed by atoms with Crippen molar-refractivity contribution in [2.24, 2.45) is 0 Å². The van der Waals surface area contributed by atoms with Gasteiger partial charge in [-0.1, -0.05) is 31.0 Å². The summed E-state index contributed by atoms with van der Waals surface area (Å²) in [7, 11) is 0.